The van der Waals surface area contributed by atoms with Crippen LogP contribution in [-0.2, 0) is 6.42 Å². The summed E-state index contributed by atoms with van der Waals surface area (Å²) in [5, 5.41) is 17.2. The monoisotopic (exact) mass is 390 g/mol. The van der Waals surface area contributed by atoms with E-state index in [4.69, 9.17) is 0 Å². The number of pyridine rings is 1. The molecule has 0 radical (unpaired) electrons. The van der Waals surface area contributed by atoms with E-state index in [0.29, 0.717) is 5.69 Å². The first-order valence-corrected chi connectivity index (χ1v) is 10.1. The molecule has 0 unspecified atom stereocenters. The van der Waals surface area contributed by atoms with Crippen molar-refractivity contribution in [2.75, 3.05) is 0 Å². The van der Waals surface area contributed by atoms with E-state index in [1.54, 1.807) is 6.20 Å². The lowest BCUT2D eigenvalue weighted by Crippen LogP contribution is -2.40. The fourth-order valence-corrected chi connectivity index (χ4v) is 3.86. The van der Waals surface area contributed by atoms with Gasteiger partial charge in [0, 0.05) is 18.1 Å². The molecule has 4 rings (SSSR count). The normalized spacial score (nSPS) is 18.7. The number of aliphatic hydroxyl groups is 1. The fraction of sp³-hybridized carbons (Fsp3) is 0.348. The number of hydrogen-bond donors (Lipinski definition) is 2. The molecule has 6 heteroatoms. The van der Waals surface area contributed by atoms with Crippen molar-refractivity contribution in [3.05, 3.63) is 76.9 Å². The molecule has 0 spiro atoms. The Morgan fingerprint density at radius 2 is 2.03 bits per heavy atom. The maximum absolute atomic E-state index is 12.7. The average Bonchev–Trinajstić information content (AvgIpc) is 3.38. The molecule has 0 saturated heterocycles. The van der Waals surface area contributed by atoms with Gasteiger partial charge >= 0.3 is 0 Å². The number of hydrogen-bond acceptors (Lipinski definition) is 4. The Hall–Kier alpha value is -2.99. The van der Waals surface area contributed by atoms with E-state index < -0.39 is 6.10 Å². The summed E-state index contributed by atoms with van der Waals surface area (Å²) in [5.74, 6) is -0.214. The van der Waals surface area contributed by atoms with E-state index in [-0.39, 0.29) is 11.9 Å². The van der Waals surface area contributed by atoms with Crippen LogP contribution in [0.2, 0.25) is 0 Å². The van der Waals surface area contributed by atoms with E-state index in [1.807, 2.05) is 49.0 Å². The number of carbonyl (C=O) groups is 1. The minimum absolute atomic E-state index is 0.177. The minimum Gasteiger partial charge on any atom is -0.391 e. The quantitative estimate of drug-likeness (QED) is 0.701. The maximum Gasteiger partial charge on any atom is 0.270 e. The number of aryl methyl sites for hydroxylation is 1. The van der Waals surface area contributed by atoms with Gasteiger partial charge in [0.05, 0.1) is 17.8 Å². The second kappa shape index (κ2) is 8.17. The van der Waals surface area contributed by atoms with Gasteiger partial charge in [-0.2, -0.15) is 5.10 Å². The highest BCUT2D eigenvalue weighted by atomic mass is 16.3. The SMILES string of the molecule is Cc1nc(C(=O)N[C@H]2CCC[C@@H]2O)cc(Cc2ccc(-n3cccn3)cc2)c1C. The summed E-state index contributed by atoms with van der Waals surface area (Å²) < 4.78 is 1.82. The average molecular weight is 390 g/mol. The van der Waals surface area contributed by atoms with E-state index in [1.165, 1.54) is 0 Å². The summed E-state index contributed by atoms with van der Waals surface area (Å²) in [4.78, 5) is 17.2. The molecule has 1 amide bonds. The lowest BCUT2D eigenvalue weighted by molar-refractivity contribution is 0.0868. The largest absolute Gasteiger partial charge is 0.391 e. The first-order chi connectivity index (χ1) is 14.0. The van der Waals surface area contributed by atoms with Crippen molar-refractivity contribution in [3.8, 4) is 5.69 Å². The van der Waals surface area contributed by atoms with Gasteiger partial charge in [-0.05, 0) is 80.5 Å². The molecule has 6 nitrogen and oxygen atoms in total. The van der Waals surface area contributed by atoms with Crippen LogP contribution in [0.3, 0.4) is 0 Å². The van der Waals surface area contributed by atoms with E-state index >= 15 is 0 Å². The highest BCUT2D eigenvalue weighted by Crippen LogP contribution is 2.21. The van der Waals surface area contributed by atoms with Crippen LogP contribution in [0.25, 0.3) is 5.69 Å². The number of nitrogens with one attached hydrogen (secondary N) is 1. The van der Waals surface area contributed by atoms with Gasteiger partial charge in [-0.3, -0.25) is 4.79 Å². The van der Waals surface area contributed by atoms with Gasteiger partial charge in [-0.1, -0.05) is 12.1 Å². The molecule has 29 heavy (non-hydrogen) atoms. The topological polar surface area (TPSA) is 80.0 Å². The number of carbonyl (C=O) groups excluding carboxylic acids is 1. The van der Waals surface area contributed by atoms with E-state index in [0.717, 1.165) is 53.8 Å². The third kappa shape index (κ3) is 4.22. The molecule has 3 aromatic rings. The number of aromatic nitrogens is 3. The van der Waals surface area contributed by atoms with Gasteiger partial charge in [0.2, 0.25) is 0 Å². The Bertz CT molecular complexity index is 996. The molecule has 1 fully saturated rings. The smallest absolute Gasteiger partial charge is 0.270 e. The molecule has 2 N–H and O–H groups in total. The van der Waals surface area contributed by atoms with Gasteiger partial charge in [0.25, 0.3) is 5.91 Å². The minimum atomic E-state index is -0.460. The molecule has 1 aromatic carbocycles. The van der Waals surface area contributed by atoms with Crippen LogP contribution in [0.15, 0.2) is 48.8 Å². The molecule has 2 aromatic heterocycles. The van der Waals surface area contributed by atoms with E-state index in [2.05, 4.69) is 27.5 Å². The Kier molecular flexibility index (Phi) is 5.45. The molecule has 150 valence electrons. The van der Waals surface area contributed by atoms with Crippen LogP contribution in [0.1, 0.15) is 52.1 Å². The predicted octanol–water partition coefficient (Wildman–Crippen LogP) is 3.12. The van der Waals surface area contributed by atoms with Crippen LogP contribution in [0.4, 0.5) is 0 Å². The van der Waals surface area contributed by atoms with Gasteiger partial charge in [0.15, 0.2) is 0 Å². The highest BCUT2D eigenvalue weighted by molar-refractivity contribution is 5.92. The zero-order valence-corrected chi connectivity index (χ0v) is 16.8. The zero-order valence-electron chi connectivity index (χ0n) is 16.8. The summed E-state index contributed by atoms with van der Waals surface area (Å²) in [5.41, 5.74) is 5.62. The van der Waals surface area contributed by atoms with Crippen molar-refractivity contribution in [3.63, 3.8) is 0 Å². The standard InChI is InChI=1S/C23H26N4O2/c1-15-16(2)25-21(23(29)26-20-5-3-6-22(20)28)14-18(15)13-17-7-9-19(10-8-17)27-12-4-11-24-27/h4,7-12,14,20,22,28H,3,5-6,13H2,1-2H3,(H,26,29)/t20-,22-/m0/s1. The number of amides is 1. The van der Waals surface area contributed by atoms with Gasteiger partial charge < -0.3 is 10.4 Å². The summed E-state index contributed by atoms with van der Waals surface area (Å²) in [6.07, 6.45) is 6.43. The molecule has 2 atom stereocenters. The van der Waals surface area contributed by atoms with E-state index in [9.17, 15) is 9.90 Å². The Morgan fingerprint density at radius 3 is 2.69 bits per heavy atom. The van der Waals surface area contributed by atoms with Gasteiger partial charge in [-0.25, -0.2) is 9.67 Å². The first-order valence-electron chi connectivity index (χ1n) is 10.1. The summed E-state index contributed by atoms with van der Waals surface area (Å²) in [6.45, 7) is 3.97. The second-order valence-electron chi connectivity index (χ2n) is 7.75. The lowest BCUT2D eigenvalue weighted by Gasteiger charge is -2.17. The predicted molar refractivity (Wildman–Crippen MR) is 111 cm³/mol. The molecule has 1 saturated carbocycles. The third-order valence-corrected chi connectivity index (χ3v) is 5.75. The van der Waals surface area contributed by atoms with Crippen molar-refractivity contribution in [1.29, 1.82) is 0 Å². The van der Waals surface area contributed by atoms with Crippen LogP contribution in [0, 0.1) is 13.8 Å². The molecule has 0 aliphatic heterocycles. The Balaban J connectivity index is 1.53. The zero-order chi connectivity index (χ0) is 20.4. The summed E-state index contributed by atoms with van der Waals surface area (Å²) in [7, 11) is 0. The molecular weight excluding hydrogens is 364 g/mol. The molecule has 1 aliphatic carbocycles. The van der Waals surface area contributed by atoms with Crippen LogP contribution < -0.4 is 5.32 Å². The number of rotatable bonds is 5. The van der Waals surface area contributed by atoms with Crippen molar-refractivity contribution >= 4 is 5.91 Å². The molecule has 0 bridgehead atoms. The van der Waals surface area contributed by atoms with Crippen molar-refractivity contribution in [2.45, 2.75) is 51.7 Å². The van der Waals surface area contributed by atoms with Gasteiger partial charge in [0.1, 0.15) is 5.69 Å². The van der Waals surface area contributed by atoms with Gasteiger partial charge in [-0.15, -0.1) is 0 Å². The maximum atomic E-state index is 12.7. The second-order valence-corrected chi connectivity index (χ2v) is 7.75. The van der Waals surface area contributed by atoms with Crippen LogP contribution in [-0.4, -0.2) is 37.9 Å². The van der Waals surface area contributed by atoms with Crippen molar-refractivity contribution < 1.29 is 9.90 Å². The fourth-order valence-electron chi connectivity index (χ4n) is 3.86. The molecule has 1 aliphatic rings. The number of benzene rings is 1. The molecule has 2 heterocycles. The van der Waals surface area contributed by atoms with Crippen molar-refractivity contribution in [2.24, 2.45) is 0 Å². The number of aliphatic hydroxyl groups excluding tert-OH is 1. The first kappa shape index (κ1) is 19.3. The summed E-state index contributed by atoms with van der Waals surface area (Å²) >= 11 is 0. The lowest BCUT2D eigenvalue weighted by atomic mass is 9.99. The third-order valence-electron chi connectivity index (χ3n) is 5.75. The van der Waals surface area contributed by atoms with Crippen LogP contribution >= 0.6 is 0 Å². The Labute approximate surface area is 170 Å². The Morgan fingerprint density at radius 1 is 1.24 bits per heavy atom. The molecular formula is C23H26N4O2. The van der Waals surface area contributed by atoms with Crippen molar-refractivity contribution in [1.82, 2.24) is 20.1 Å². The summed E-state index contributed by atoms with van der Waals surface area (Å²) in [6, 6.07) is 11.8. The highest BCUT2D eigenvalue weighted by Gasteiger charge is 2.27. The van der Waals surface area contributed by atoms with Crippen LogP contribution in [0.5, 0.6) is 0 Å². The number of nitrogens with zero attached hydrogens (tertiary/aromatic N) is 3.